The van der Waals surface area contributed by atoms with Gasteiger partial charge in [-0.3, -0.25) is 4.79 Å². The maximum atomic E-state index is 12.2. The van der Waals surface area contributed by atoms with Gasteiger partial charge in [0.15, 0.2) is 0 Å². The monoisotopic (exact) mass is 315 g/mol. The molecule has 2 rings (SSSR count). The van der Waals surface area contributed by atoms with Gasteiger partial charge in [0.2, 0.25) is 5.91 Å². The number of carbonyl (C=O) groups is 1. The van der Waals surface area contributed by atoms with Gasteiger partial charge in [-0.15, -0.1) is 11.8 Å². The lowest BCUT2D eigenvalue weighted by molar-refractivity contribution is -0.115. The summed E-state index contributed by atoms with van der Waals surface area (Å²) in [4.78, 5) is 12.2. The first-order valence-corrected chi connectivity index (χ1v) is 8.31. The third kappa shape index (κ3) is 4.90. The minimum atomic E-state index is -0.126. The van der Waals surface area contributed by atoms with Crippen molar-refractivity contribution in [3.8, 4) is 0 Å². The molecule has 0 spiro atoms. The summed E-state index contributed by atoms with van der Waals surface area (Å²) in [6, 6.07) is 15.6. The second kappa shape index (κ2) is 8.01. The van der Waals surface area contributed by atoms with Gasteiger partial charge >= 0.3 is 0 Å². The number of benzene rings is 2. The summed E-state index contributed by atoms with van der Waals surface area (Å²) in [7, 11) is 0. The van der Waals surface area contributed by atoms with Crippen LogP contribution in [0.1, 0.15) is 23.6 Å². The molecule has 3 nitrogen and oxygen atoms in total. The fraction of sp³-hybridized carbons (Fsp3) is 0.278. The van der Waals surface area contributed by atoms with Gasteiger partial charge in [0.1, 0.15) is 0 Å². The molecule has 1 amide bonds. The summed E-state index contributed by atoms with van der Waals surface area (Å²) in [5, 5.41) is 11.8. The second-order valence-electron chi connectivity index (χ2n) is 5.28. The van der Waals surface area contributed by atoms with E-state index >= 15 is 0 Å². The van der Waals surface area contributed by atoms with Crippen molar-refractivity contribution < 1.29 is 9.90 Å². The minimum Gasteiger partial charge on any atom is -0.392 e. The first-order chi connectivity index (χ1) is 10.6. The van der Waals surface area contributed by atoms with Crippen molar-refractivity contribution in [1.82, 2.24) is 0 Å². The maximum absolute atomic E-state index is 12.2. The molecule has 1 atom stereocenters. The van der Waals surface area contributed by atoms with E-state index in [1.807, 2.05) is 62.4 Å². The molecule has 0 heterocycles. The first kappa shape index (κ1) is 16.6. The molecule has 0 aliphatic carbocycles. The predicted octanol–water partition coefficient (Wildman–Crippen LogP) is 3.75. The summed E-state index contributed by atoms with van der Waals surface area (Å²) in [5.74, 6) is 0.787. The number of amides is 1. The quantitative estimate of drug-likeness (QED) is 0.853. The second-order valence-corrected chi connectivity index (χ2v) is 6.61. The SMILES string of the molecule is Cc1ccc(NC(=O)C(C)SCc2ccc(CO)cc2)cc1. The van der Waals surface area contributed by atoms with E-state index in [1.165, 1.54) is 5.56 Å². The molecule has 2 aromatic rings. The molecular formula is C18H21NO2S. The number of hydrogen-bond acceptors (Lipinski definition) is 3. The van der Waals surface area contributed by atoms with E-state index in [4.69, 9.17) is 5.11 Å². The van der Waals surface area contributed by atoms with E-state index in [-0.39, 0.29) is 17.8 Å². The van der Waals surface area contributed by atoms with Crippen molar-refractivity contribution in [1.29, 1.82) is 0 Å². The van der Waals surface area contributed by atoms with Gasteiger partial charge in [0.05, 0.1) is 11.9 Å². The number of aliphatic hydroxyl groups excluding tert-OH is 1. The number of thioether (sulfide) groups is 1. The molecule has 0 aliphatic rings. The van der Waals surface area contributed by atoms with Crippen molar-refractivity contribution in [3.63, 3.8) is 0 Å². The summed E-state index contributed by atoms with van der Waals surface area (Å²) in [6.45, 7) is 3.99. The molecule has 4 heteroatoms. The highest BCUT2D eigenvalue weighted by Gasteiger charge is 2.13. The van der Waals surface area contributed by atoms with E-state index in [1.54, 1.807) is 11.8 Å². The number of rotatable bonds is 6. The molecule has 0 radical (unpaired) electrons. The van der Waals surface area contributed by atoms with E-state index in [2.05, 4.69) is 5.32 Å². The van der Waals surface area contributed by atoms with Gasteiger partial charge < -0.3 is 10.4 Å². The molecule has 1 unspecified atom stereocenters. The molecule has 0 fully saturated rings. The normalized spacial score (nSPS) is 12.0. The molecule has 2 N–H and O–H groups in total. The lowest BCUT2D eigenvalue weighted by Gasteiger charge is -2.12. The van der Waals surface area contributed by atoms with Crippen LogP contribution in [-0.2, 0) is 17.2 Å². The van der Waals surface area contributed by atoms with Gasteiger partial charge in [-0.1, -0.05) is 42.0 Å². The van der Waals surface area contributed by atoms with E-state index in [0.29, 0.717) is 0 Å². The van der Waals surface area contributed by atoms with Crippen molar-refractivity contribution in [2.24, 2.45) is 0 Å². The Morgan fingerprint density at radius 2 is 1.68 bits per heavy atom. The first-order valence-electron chi connectivity index (χ1n) is 7.26. The van der Waals surface area contributed by atoms with E-state index in [0.717, 1.165) is 22.6 Å². The van der Waals surface area contributed by atoms with Crippen molar-refractivity contribution >= 4 is 23.4 Å². The van der Waals surface area contributed by atoms with Crippen LogP contribution in [0, 0.1) is 6.92 Å². The Morgan fingerprint density at radius 3 is 2.27 bits per heavy atom. The van der Waals surface area contributed by atoms with Gasteiger partial charge in [-0.05, 0) is 37.1 Å². The minimum absolute atomic E-state index is 0.0147. The topological polar surface area (TPSA) is 49.3 Å². The fourth-order valence-corrected chi connectivity index (χ4v) is 2.76. The van der Waals surface area contributed by atoms with Crippen LogP contribution < -0.4 is 5.32 Å². The van der Waals surface area contributed by atoms with Gasteiger partial charge in [0, 0.05) is 11.4 Å². The zero-order valence-corrected chi connectivity index (χ0v) is 13.7. The fourth-order valence-electron chi connectivity index (χ4n) is 1.92. The number of aliphatic hydroxyl groups is 1. The molecule has 22 heavy (non-hydrogen) atoms. The highest BCUT2D eigenvalue weighted by atomic mass is 32.2. The lowest BCUT2D eigenvalue weighted by Crippen LogP contribution is -2.22. The van der Waals surface area contributed by atoms with E-state index < -0.39 is 0 Å². The summed E-state index contributed by atoms with van der Waals surface area (Å²) < 4.78 is 0. The molecule has 2 aromatic carbocycles. The Labute approximate surface area is 135 Å². The largest absolute Gasteiger partial charge is 0.392 e. The van der Waals surface area contributed by atoms with Crippen LogP contribution in [0.25, 0.3) is 0 Å². The summed E-state index contributed by atoms with van der Waals surface area (Å²) in [6.07, 6.45) is 0. The van der Waals surface area contributed by atoms with Crippen LogP contribution in [0.3, 0.4) is 0 Å². The lowest BCUT2D eigenvalue weighted by atomic mass is 10.2. The number of hydrogen-bond donors (Lipinski definition) is 2. The number of nitrogens with one attached hydrogen (secondary N) is 1. The van der Waals surface area contributed by atoms with Crippen LogP contribution in [0.15, 0.2) is 48.5 Å². The number of carbonyl (C=O) groups excluding carboxylic acids is 1. The van der Waals surface area contributed by atoms with Gasteiger partial charge in [0.25, 0.3) is 0 Å². The zero-order valence-electron chi connectivity index (χ0n) is 12.9. The summed E-state index contributed by atoms with van der Waals surface area (Å²) in [5.41, 5.74) is 4.05. The zero-order chi connectivity index (χ0) is 15.9. The number of aryl methyl sites for hydroxylation is 1. The maximum Gasteiger partial charge on any atom is 0.237 e. The Morgan fingerprint density at radius 1 is 1.09 bits per heavy atom. The molecule has 0 saturated carbocycles. The Bertz CT molecular complexity index is 608. The average Bonchev–Trinajstić information content (AvgIpc) is 2.55. The summed E-state index contributed by atoms with van der Waals surface area (Å²) >= 11 is 1.60. The van der Waals surface area contributed by atoms with Crippen LogP contribution >= 0.6 is 11.8 Å². The molecular weight excluding hydrogens is 294 g/mol. The van der Waals surface area contributed by atoms with Gasteiger partial charge in [-0.2, -0.15) is 0 Å². The molecule has 0 saturated heterocycles. The van der Waals surface area contributed by atoms with Crippen LogP contribution in [0.4, 0.5) is 5.69 Å². The van der Waals surface area contributed by atoms with Crippen molar-refractivity contribution in [2.45, 2.75) is 31.5 Å². The molecule has 0 bridgehead atoms. The standard InChI is InChI=1S/C18H21NO2S/c1-13-3-9-17(10-4-13)19-18(21)14(2)22-12-16-7-5-15(11-20)6-8-16/h3-10,14,20H,11-12H2,1-2H3,(H,19,21). The molecule has 0 aliphatic heterocycles. The Balaban J connectivity index is 1.84. The Kier molecular flexibility index (Phi) is 6.04. The Hall–Kier alpha value is -1.78. The highest BCUT2D eigenvalue weighted by molar-refractivity contribution is 7.99. The van der Waals surface area contributed by atoms with Crippen LogP contribution in [-0.4, -0.2) is 16.3 Å². The third-order valence-electron chi connectivity index (χ3n) is 3.39. The highest BCUT2D eigenvalue weighted by Crippen LogP contribution is 2.20. The number of anilines is 1. The average molecular weight is 315 g/mol. The third-order valence-corrected chi connectivity index (χ3v) is 4.61. The van der Waals surface area contributed by atoms with Crippen molar-refractivity contribution in [2.75, 3.05) is 5.32 Å². The van der Waals surface area contributed by atoms with Gasteiger partial charge in [-0.25, -0.2) is 0 Å². The molecule has 116 valence electrons. The molecule has 0 aromatic heterocycles. The van der Waals surface area contributed by atoms with Crippen LogP contribution in [0.5, 0.6) is 0 Å². The van der Waals surface area contributed by atoms with E-state index in [9.17, 15) is 4.79 Å². The smallest absolute Gasteiger partial charge is 0.237 e. The predicted molar refractivity (Wildman–Crippen MR) is 92.9 cm³/mol. The van der Waals surface area contributed by atoms with Crippen molar-refractivity contribution in [3.05, 3.63) is 65.2 Å². The van der Waals surface area contributed by atoms with Crippen LogP contribution in [0.2, 0.25) is 0 Å².